The molecule has 0 spiro atoms. The maximum absolute atomic E-state index is 11.8. The van der Waals surface area contributed by atoms with E-state index in [0.29, 0.717) is 24.7 Å². The summed E-state index contributed by atoms with van der Waals surface area (Å²) in [5, 5.41) is 10.3. The van der Waals surface area contributed by atoms with E-state index in [1.807, 2.05) is 0 Å². The Labute approximate surface area is 132 Å². The summed E-state index contributed by atoms with van der Waals surface area (Å²) in [6.45, 7) is 5.10. The van der Waals surface area contributed by atoms with Crippen molar-refractivity contribution < 1.29 is 9.32 Å². The fourth-order valence-corrected chi connectivity index (χ4v) is 2.79. The maximum Gasteiger partial charge on any atom is 0.226 e. The molecule has 1 amide bonds. The first-order valence-corrected chi connectivity index (χ1v) is 8.56. The molecule has 0 bridgehead atoms. The largest absolute Gasteiger partial charge is 0.356 e. The predicted octanol–water partition coefficient (Wildman–Crippen LogP) is 1.85. The average Bonchev–Trinajstić information content (AvgIpc) is 2.96. The van der Waals surface area contributed by atoms with Crippen molar-refractivity contribution in [2.45, 2.75) is 58.3 Å². The number of nitrogens with one attached hydrogen (secondary N) is 2. The molecule has 1 atom stereocenters. The standard InChI is InChI=1S/C16H28N4O2/c1-2-5-14-19-16(22-20-14)8-3-7-15(21)18-11-9-13-6-4-10-17-12-13/h13,17H,2-12H2,1H3,(H,18,21). The van der Waals surface area contributed by atoms with Gasteiger partial charge in [-0.1, -0.05) is 12.1 Å². The van der Waals surface area contributed by atoms with Gasteiger partial charge >= 0.3 is 0 Å². The summed E-state index contributed by atoms with van der Waals surface area (Å²) in [6, 6.07) is 0. The Morgan fingerprint density at radius 3 is 3.14 bits per heavy atom. The Morgan fingerprint density at radius 2 is 2.36 bits per heavy atom. The molecule has 0 aliphatic carbocycles. The van der Waals surface area contributed by atoms with Crippen molar-refractivity contribution in [1.29, 1.82) is 0 Å². The minimum atomic E-state index is 0.122. The van der Waals surface area contributed by atoms with E-state index in [0.717, 1.165) is 51.1 Å². The Hall–Kier alpha value is -1.43. The lowest BCUT2D eigenvalue weighted by atomic mass is 9.96. The van der Waals surface area contributed by atoms with Gasteiger partial charge < -0.3 is 15.2 Å². The molecule has 1 aromatic rings. The van der Waals surface area contributed by atoms with Crippen LogP contribution in [0.15, 0.2) is 4.52 Å². The summed E-state index contributed by atoms with van der Waals surface area (Å²) in [6.07, 6.45) is 7.42. The van der Waals surface area contributed by atoms with E-state index in [2.05, 4.69) is 27.7 Å². The topological polar surface area (TPSA) is 80.0 Å². The number of hydrogen-bond acceptors (Lipinski definition) is 5. The summed E-state index contributed by atoms with van der Waals surface area (Å²) >= 11 is 0. The van der Waals surface area contributed by atoms with Crippen molar-refractivity contribution in [1.82, 2.24) is 20.8 Å². The smallest absolute Gasteiger partial charge is 0.226 e. The number of hydrogen-bond donors (Lipinski definition) is 2. The lowest BCUT2D eigenvalue weighted by Crippen LogP contribution is -2.33. The van der Waals surface area contributed by atoms with Crippen molar-refractivity contribution in [3.63, 3.8) is 0 Å². The van der Waals surface area contributed by atoms with E-state index in [9.17, 15) is 4.79 Å². The summed E-state index contributed by atoms with van der Waals surface area (Å²) in [4.78, 5) is 16.1. The van der Waals surface area contributed by atoms with Gasteiger partial charge in [-0.3, -0.25) is 4.79 Å². The number of aromatic nitrogens is 2. The Morgan fingerprint density at radius 1 is 1.45 bits per heavy atom. The maximum atomic E-state index is 11.8. The van der Waals surface area contributed by atoms with Gasteiger partial charge in [0, 0.05) is 25.8 Å². The van der Waals surface area contributed by atoms with Gasteiger partial charge in [-0.2, -0.15) is 4.98 Å². The van der Waals surface area contributed by atoms with Gasteiger partial charge in [0.1, 0.15) is 0 Å². The van der Waals surface area contributed by atoms with E-state index in [1.165, 1.54) is 12.8 Å². The van der Waals surface area contributed by atoms with E-state index >= 15 is 0 Å². The number of piperidine rings is 1. The first kappa shape index (κ1) is 16.9. The van der Waals surface area contributed by atoms with Gasteiger partial charge in [0.05, 0.1) is 0 Å². The van der Waals surface area contributed by atoms with E-state index in [-0.39, 0.29) is 5.91 Å². The zero-order valence-corrected chi connectivity index (χ0v) is 13.6. The van der Waals surface area contributed by atoms with Crippen LogP contribution in [0, 0.1) is 5.92 Å². The van der Waals surface area contributed by atoms with Crippen molar-refractivity contribution in [3.05, 3.63) is 11.7 Å². The van der Waals surface area contributed by atoms with Crippen LogP contribution in [0.1, 0.15) is 57.2 Å². The summed E-state index contributed by atoms with van der Waals surface area (Å²) in [7, 11) is 0. The highest BCUT2D eigenvalue weighted by atomic mass is 16.5. The first-order valence-electron chi connectivity index (χ1n) is 8.56. The number of carbonyl (C=O) groups is 1. The third-order valence-electron chi connectivity index (χ3n) is 4.05. The Kier molecular flexibility index (Phi) is 7.36. The number of rotatable bonds is 9. The molecule has 2 heterocycles. The highest BCUT2D eigenvalue weighted by molar-refractivity contribution is 5.75. The zero-order valence-electron chi connectivity index (χ0n) is 13.6. The second-order valence-corrected chi connectivity index (χ2v) is 6.06. The monoisotopic (exact) mass is 308 g/mol. The van der Waals surface area contributed by atoms with Gasteiger partial charge in [0.2, 0.25) is 11.8 Å². The molecule has 6 nitrogen and oxygen atoms in total. The molecule has 2 N–H and O–H groups in total. The molecular weight excluding hydrogens is 280 g/mol. The van der Waals surface area contributed by atoms with Crippen LogP contribution in [0.3, 0.4) is 0 Å². The highest BCUT2D eigenvalue weighted by Crippen LogP contribution is 2.13. The van der Waals surface area contributed by atoms with Gasteiger partial charge in [-0.25, -0.2) is 0 Å². The fourth-order valence-electron chi connectivity index (χ4n) is 2.79. The molecule has 22 heavy (non-hydrogen) atoms. The predicted molar refractivity (Wildman–Crippen MR) is 84.5 cm³/mol. The normalized spacial score (nSPS) is 18.3. The summed E-state index contributed by atoms with van der Waals surface area (Å²) in [5.41, 5.74) is 0. The molecule has 1 aliphatic heterocycles. The molecule has 124 valence electrons. The third-order valence-corrected chi connectivity index (χ3v) is 4.05. The van der Waals surface area contributed by atoms with Crippen LogP contribution in [-0.4, -0.2) is 35.7 Å². The van der Waals surface area contributed by atoms with E-state index in [4.69, 9.17) is 4.52 Å². The van der Waals surface area contributed by atoms with Crippen LogP contribution >= 0.6 is 0 Å². The van der Waals surface area contributed by atoms with Crippen LogP contribution in [-0.2, 0) is 17.6 Å². The van der Waals surface area contributed by atoms with Crippen molar-refractivity contribution in [2.75, 3.05) is 19.6 Å². The van der Waals surface area contributed by atoms with Crippen LogP contribution < -0.4 is 10.6 Å². The third kappa shape index (κ3) is 6.13. The number of carbonyl (C=O) groups excluding carboxylic acids is 1. The second-order valence-electron chi connectivity index (χ2n) is 6.06. The van der Waals surface area contributed by atoms with Gasteiger partial charge in [0.25, 0.3) is 0 Å². The molecule has 0 aromatic carbocycles. The Balaban J connectivity index is 1.53. The summed E-state index contributed by atoms with van der Waals surface area (Å²) < 4.78 is 5.16. The molecule has 1 aromatic heterocycles. The second kappa shape index (κ2) is 9.56. The SMILES string of the molecule is CCCc1noc(CCCC(=O)NCCC2CCCNC2)n1. The van der Waals surface area contributed by atoms with Crippen LogP contribution in [0.25, 0.3) is 0 Å². The number of amides is 1. The molecule has 0 radical (unpaired) electrons. The van der Waals surface area contributed by atoms with E-state index < -0.39 is 0 Å². The van der Waals surface area contributed by atoms with Gasteiger partial charge in [-0.05, 0) is 51.1 Å². The fraction of sp³-hybridized carbons (Fsp3) is 0.812. The number of aryl methyl sites for hydroxylation is 2. The zero-order chi connectivity index (χ0) is 15.6. The average molecular weight is 308 g/mol. The molecular formula is C16H28N4O2. The molecule has 0 saturated carbocycles. The minimum absolute atomic E-state index is 0.122. The molecule has 6 heteroatoms. The van der Waals surface area contributed by atoms with E-state index in [1.54, 1.807) is 0 Å². The van der Waals surface area contributed by atoms with Crippen molar-refractivity contribution in [2.24, 2.45) is 5.92 Å². The lowest BCUT2D eigenvalue weighted by Gasteiger charge is -2.22. The molecule has 2 rings (SSSR count). The molecule has 1 saturated heterocycles. The van der Waals surface area contributed by atoms with Crippen molar-refractivity contribution >= 4 is 5.91 Å². The van der Waals surface area contributed by atoms with Crippen LogP contribution in [0.4, 0.5) is 0 Å². The molecule has 1 fully saturated rings. The molecule has 1 aliphatic rings. The van der Waals surface area contributed by atoms with Gasteiger partial charge in [-0.15, -0.1) is 0 Å². The quantitative estimate of drug-likeness (QED) is 0.728. The first-order chi connectivity index (χ1) is 10.8. The van der Waals surface area contributed by atoms with Crippen LogP contribution in [0.5, 0.6) is 0 Å². The summed E-state index contributed by atoms with van der Waals surface area (Å²) in [5.74, 6) is 2.24. The van der Waals surface area contributed by atoms with Crippen LogP contribution in [0.2, 0.25) is 0 Å². The number of nitrogens with zero attached hydrogens (tertiary/aromatic N) is 2. The van der Waals surface area contributed by atoms with Crippen molar-refractivity contribution in [3.8, 4) is 0 Å². The van der Waals surface area contributed by atoms with Gasteiger partial charge in [0.15, 0.2) is 5.82 Å². The molecule has 1 unspecified atom stereocenters. The lowest BCUT2D eigenvalue weighted by molar-refractivity contribution is -0.121. The highest BCUT2D eigenvalue weighted by Gasteiger charge is 2.13. The Bertz CT molecular complexity index is 441. The minimum Gasteiger partial charge on any atom is -0.356 e.